The molecule has 82 valence electrons. The number of allylic oxidation sites excluding steroid dienone is 1. The van der Waals surface area contributed by atoms with Gasteiger partial charge in [0, 0.05) is 16.9 Å². The fourth-order valence-electron chi connectivity index (χ4n) is 1.06. The summed E-state index contributed by atoms with van der Waals surface area (Å²) in [6.45, 7) is 3.30. The Morgan fingerprint density at radius 3 is 2.80 bits per heavy atom. The van der Waals surface area contributed by atoms with Crippen LogP contribution in [0.1, 0.15) is 12.5 Å². The van der Waals surface area contributed by atoms with Crippen molar-refractivity contribution in [1.82, 2.24) is 0 Å². The molecule has 0 aliphatic carbocycles. The number of nitrogens with two attached hydrogens (primary N) is 1. The fraction of sp³-hybridized carbons (Fsp3) is 0.273. The standard InChI is InChI=1S/C11H14ClFN2/c1-7-5-9(12)3-4-11(7)15-6-10(14)8(2)13/h3-6,8,15H,14H2,1-2H3/b10-6-. The molecule has 1 unspecified atom stereocenters. The first-order chi connectivity index (χ1) is 7.00. The lowest BCUT2D eigenvalue weighted by Crippen LogP contribution is -2.10. The van der Waals surface area contributed by atoms with Crippen molar-refractivity contribution in [2.75, 3.05) is 5.32 Å². The van der Waals surface area contributed by atoms with Crippen LogP contribution in [0.15, 0.2) is 30.1 Å². The molecule has 4 heteroatoms. The summed E-state index contributed by atoms with van der Waals surface area (Å²) in [7, 11) is 0. The van der Waals surface area contributed by atoms with Gasteiger partial charge < -0.3 is 11.1 Å². The molecule has 0 aliphatic rings. The molecule has 0 amide bonds. The van der Waals surface area contributed by atoms with Crippen LogP contribution in [-0.4, -0.2) is 6.17 Å². The van der Waals surface area contributed by atoms with E-state index in [1.54, 1.807) is 6.07 Å². The zero-order valence-electron chi connectivity index (χ0n) is 8.72. The number of hydrogen-bond donors (Lipinski definition) is 2. The Morgan fingerprint density at radius 2 is 2.27 bits per heavy atom. The van der Waals surface area contributed by atoms with Crippen LogP contribution in [0, 0.1) is 6.92 Å². The zero-order valence-corrected chi connectivity index (χ0v) is 9.48. The summed E-state index contributed by atoms with van der Waals surface area (Å²) in [5.74, 6) is 0. The van der Waals surface area contributed by atoms with Gasteiger partial charge in [-0.05, 0) is 37.6 Å². The summed E-state index contributed by atoms with van der Waals surface area (Å²) in [5.41, 5.74) is 7.46. The van der Waals surface area contributed by atoms with Crippen molar-refractivity contribution in [2.45, 2.75) is 20.0 Å². The average molecular weight is 229 g/mol. The first-order valence-corrected chi connectivity index (χ1v) is 5.01. The molecule has 1 aromatic rings. The summed E-state index contributed by atoms with van der Waals surface area (Å²) < 4.78 is 12.7. The van der Waals surface area contributed by atoms with E-state index >= 15 is 0 Å². The van der Waals surface area contributed by atoms with E-state index in [1.807, 2.05) is 19.1 Å². The van der Waals surface area contributed by atoms with Gasteiger partial charge in [-0.15, -0.1) is 0 Å². The summed E-state index contributed by atoms with van der Waals surface area (Å²) in [5, 5.41) is 3.61. The highest BCUT2D eigenvalue weighted by Crippen LogP contribution is 2.19. The number of benzene rings is 1. The molecule has 1 rings (SSSR count). The third-order valence-electron chi connectivity index (χ3n) is 2.04. The van der Waals surface area contributed by atoms with Crippen molar-refractivity contribution in [3.05, 3.63) is 40.7 Å². The maximum atomic E-state index is 12.7. The van der Waals surface area contributed by atoms with Gasteiger partial charge in [-0.1, -0.05) is 11.6 Å². The van der Waals surface area contributed by atoms with E-state index < -0.39 is 6.17 Å². The van der Waals surface area contributed by atoms with Crippen molar-refractivity contribution in [3.63, 3.8) is 0 Å². The first kappa shape index (κ1) is 11.9. The van der Waals surface area contributed by atoms with Crippen LogP contribution in [0.25, 0.3) is 0 Å². The SMILES string of the molecule is Cc1cc(Cl)ccc1N/C=C(\N)C(C)F. The number of anilines is 1. The molecule has 0 saturated heterocycles. The van der Waals surface area contributed by atoms with E-state index in [1.165, 1.54) is 13.1 Å². The maximum Gasteiger partial charge on any atom is 0.138 e. The van der Waals surface area contributed by atoms with Crippen LogP contribution in [0.4, 0.5) is 10.1 Å². The number of halogens is 2. The Bertz CT molecular complexity index is 375. The maximum absolute atomic E-state index is 12.7. The van der Waals surface area contributed by atoms with Crippen LogP contribution in [0.3, 0.4) is 0 Å². The third-order valence-corrected chi connectivity index (χ3v) is 2.28. The number of hydrogen-bond acceptors (Lipinski definition) is 2. The highest BCUT2D eigenvalue weighted by molar-refractivity contribution is 6.30. The lowest BCUT2D eigenvalue weighted by molar-refractivity contribution is 0.408. The summed E-state index contributed by atoms with van der Waals surface area (Å²) in [4.78, 5) is 0. The summed E-state index contributed by atoms with van der Waals surface area (Å²) in [6.07, 6.45) is 0.311. The molecule has 0 aliphatic heterocycles. The second-order valence-electron chi connectivity index (χ2n) is 3.36. The molecule has 1 aromatic carbocycles. The molecule has 0 saturated carbocycles. The van der Waals surface area contributed by atoms with Crippen molar-refractivity contribution < 1.29 is 4.39 Å². The molecule has 0 spiro atoms. The quantitative estimate of drug-likeness (QED) is 0.834. The van der Waals surface area contributed by atoms with Crippen molar-refractivity contribution >= 4 is 17.3 Å². The van der Waals surface area contributed by atoms with Crippen molar-refractivity contribution in [3.8, 4) is 0 Å². The van der Waals surface area contributed by atoms with Gasteiger partial charge >= 0.3 is 0 Å². The first-order valence-electron chi connectivity index (χ1n) is 4.63. The van der Waals surface area contributed by atoms with Crippen LogP contribution < -0.4 is 11.1 Å². The summed E-state index contributed by atoms with van der Waals surface area (Å²) >= 11 is 5.80. The van der Waals surface area contributed by atoms with Gasteiger partial charge in [-0.25, -0.2) is 4.39 Å². The minimum absolute atomic E-state index is 0.171. The highest BCUT2D eigenvalue weighted by atomic mass is 35.5. The molecule has 2 nitrogen and oxygen atoms in total. The van der Waals surface area contributed by atoms with Gasteiger partial charge in [0.05, 0.1) is 5.70 Å². The molecule has 3 N–H and O–H groups in total. The van der Waals surface area contributed by atoms with Crippen LogP contribution >= 0.6 is 11.6 Å². The van der Waals surface area contributed by atoms with Gasteiger partial charge in [0.15, 0.2) is 0 Å². The highest BCUT2D eigenvalue weighted by Gasteiger charge is 2.01. The number of alkyl halides is 1. The Balaban J connectivity index is 2.78. The van der Waals surface area contributed by atoms with Gasteiger partial charge in [-0.2, -0.15) is 0 Å². The average Bonchev–Trinajstić information content (AvgIpc) is 2.15. The van der Waals surface area contributed by atoms with Gasteiger partial charge in [0.25, 0.3) is 0 Å². The second kappa shape index (κ2) is 5.03. The molecular formula is C11H14ClFN2. The molecule has 1 atom stereocenters. The van der Waals surface area contributed by atoms with Gasteiger partial charge in [0.1, 0.15) is 6.17 Å². The number of aryl methyl sites for hydroxylation is 1. The zero-order chi connectivity index (χ0) is 11.4. The predicted octanol–water partition coefficient (Wildman–Crippen LogP) is 3.22. The van der Waals surface area contributed by atoms with Crippen LogP contribution in [0.5, 0.6) is 0 Å². The van der Waals surface area contributed by atoms with Crippen molar-refractivity contribution in [2.24, 2.45) is 5.73 Å². The Morgan fingerprint density at radius 1 is 1.60 bits per heavy atom. The Kier molecular flexibility index (Phi) is 3.97. The molecule has 0 fully saturated rings. The van der Waals surface area contributed by atoms with Gasteiger partial charge in [0.2, 0.25) is 0 Å². The number of nitrogens with one attached hydrogen (secondary N) is 1. The van der Waals surface area contributed by atoms with Crippen molar-refractivity contribution in [1.29, 1.82) is 0 Å². The predicted molar refractivity (Wildman–Crippen MR) is 62.7 cm³/mol. The largest absolute Gasteiger partial charge is 0.398 e. The van der Waals surface area contributed by atoms with Gasteiger partial charge in [-0.3, -0.25) is 0 Å². The Labute approximate surface area is 93.9 Å². The lowest BCUT2D eigenvalue weighted by atomic mass is 10.2. The number of rotatable bonds is 3. The fourth-order valence-corrected chi connectivity index (χ4v) is 1.29. The second-order valence-corrected chi connectivity index (χ2v) is 3.80. The molecular weight excluding hydrogens is 215 g/mol. The topological polar surface area (TPSA) is 38.0 Å². The third kappa shape index (κ3) is 3.44. The lowest BCUT2D eigenvalue weighted by Gasteiger charge is -2.07. The molecule has 15 heavy (non-hydrogen) atoms. The van der Waals surface area contributed by atoms with Crippen LogP contribution in [0.2, 0.25) is 5.02 Å². The monoisotopic (exact) mass is 228 g/mol. The molecule has 0 bridgehead atoms. The molecule has 0 aromatic heterocycles. The summed E-state index contributed by atoms with van der Waals surface area (Å²) in [6, 6.07) is 5.41. The smallest absolute Gasteiger partial charge is 0.138 e. The Hall–Kier alpha value is -1.22. The van der Waals surface area contributed by atoms with E-state index in [9.17, 15) is 4.39 Å². The molecule has 0 radical (unpaired) electrons. The minimum Gasteiger partial charge on any atom is -0.398 e. The van der Waals surface area contributed by atoms with E-state index in [4.69, 9.17) is 17.3 Å². The normalized spacial score (nSPS) is 13.7. The van der Waals surface area contributed by atoms with E-state index in [-0.39, 0.29) is 5.70 Å². The van der Waals surface area contributed by atoms with E-state index in [0.29, 0.717) is 5.02 Å². The van der Waals surface area contributed by atoms with Crippen LogP contribution in [-0.2, 0) is 0 Å². The van der Waals surface area contributed by atoms with E-state index in [2.05, 4.69) is 5.32 Å². The minimum atomic E-state index is -1.15. The van der Waals surface area contributed by atoms with E-state index in [0.717, 1.165) is 11.3 Å². The molecule has 0 heterocycles.